The Labute approximate surface area is 177 Å². The van der Waals surface area contributed by atoms with Gasteiger partial charge in [0.1, 0.15) is 5.75 Å². The van der Waals surface area contributed by atoms with E-state index in [2.05, 4.69) is 61.5 Å². The standard InChI is InChI=1S/C23H41N3O3/c1-18(2)15-20(4)29-22-16-19(3)9-10-21(22)17-26-23(24-5)25-11-7-8-12-28-14-13-27-6/h9-10,16,18,20H,7-8,11-15,17H2,1-6H3,(H2,24,25,26). The summed E-state index contributed by atoms with van der Waals surface area (Å²) in [5, 5.41) is 6.75. The van der Waals surface area contributed by atoms with Crippen molar-refractivity contribution in [3.63, 3.8) is 0 Å². The second-order valence-corrected chi connectivity index (χ2v) is 7.83. The number of unbranched alkanes of at least 4 members (excludes halogenated alkanes) is 1. The summed E-state index contributed by atoms with van der Waals surface area (Å²) in [4.78, 5) is 4.31. The number of rotatable bonds is 14. The van der Waals surface area contributed by atoms with E-state index >= 15 is 0 Å². The maximum Gasteiger partial charge on any atom is 0.191 e. The highest BCUT2D eigenvalue weighted by atomic mass is 16.5. The van der Waals surface area contributed by atoms with Crippen molar-refractivity contribution in [3.05, 3.63) is 29.3 Å². The van der Waals surface area contributed by atoms with E-state index in [1.807, 2.05) is 0 Å². The number of methoxy groups -OCH3 is 1. The van der Waals surface area contributed by atoms with Crippen molar-refractivity contribution in [1.29, 1.82) is 0 Å². The molecule has 1 aromatic rings. The van der Waals surface area contributed by atoms with Crippen LogP contribution >= 0.6 is 0 Å². The van der Waals surface area contributed by atoms with Crippen LogP contribution in [0.5, 0.6) is 5.75 Å². The molecule has 1 atom stereocenters. The number of nitrogens with zero attached hydrogens (tertiary/aromatic N) is 1. The van der Waals surface area contributed by atoms with Gasteiger partial charge in [0.25, 0.3) is 0 Å². The monoisotopic (exact) mass is 407 g/mol. The molecule has 0 spiro atoms. The van der Waals surface area contributed by atoms with E-state index in [9.17, 15) is 0 Å². The Morgan fingerprint density at radius 2 is 1.86 bits per heavy atom. The normalized spacial score (nSPS) is 12.9. The van der Waals surface area contributed by atoms with Gasteiger partial charge in [-0.3, -0.25) is 4.99 Å². The number of nitrogens with one attached hydrogen (secondary N) is 2. The highest BCUT2D eigenvalue weighted by molar-refractivity contribution is 5.79. The number of benzene rings is 1. The molecule has 0 aliphatic rings. The zero-order valence-electron chi connectivity index (χ0n) is 19.2. The number of guanidine groups is 1. The van der Waals surface area contributed by atoms with E-state index < -0.39 is 0 Å². The number of aliphatic imine (C=N–C) groups is 1. The summed E-state index contributed by atoms with van der Waals surface area (Å²) in [6, 6.07) is 6.37. The molecule has 1 rings (SSSR count). The van der Waals surface area contributed by atoms with E-state index in [4.69, 9.17) is 14.2 Å². The first-order valence-electron chi connectivity index (χ1n) is 10.7. The molecule has 0 aromatic heterocycles. The van der Waals surface area contributed by atoms with Crippen LogP contribution in [0.4, 0.5) is 0 Å². The fourth-order valence-corrected chi connectivity index (χ4v) is 3.03. The van der Waals surface area contributed by atoms with Crippen LogP contribution in [0, 0.1) is 12.8 Å². The number of hydrogen-bond acceptors (Lipinski definition) is 4. The Kier molecular flexibility index (Phi) is 13.1. The van der Waals surface area contributed by atoms with Crippen molar-refractivity contribution in [2.45, 2.75) is 59.6 Å². The highest BCUT2D eigenvalue weighted by Gasteiger charge is 2.11. The lowest BCUT2D eigenvalue weighted by Crippen LogP contribution is -2.37. The van der Waals surface area contributed by atoms with Crippen LogP contribution in [0.3, 0.4) is 0 Å². The second kappa shape index (κ2) is 15.1. The molecule has 166 valence electrons. The van der Waals surface area contributed by atoms with Gasteiger partial charge in [-0.15, -0.1) is 0 Å². The van der Waals surface area contributed by atoms with Crippen molar-refractivity contribution in [2.24, 2.45) is 10.9 Å². The Morgan fingerprint density at radius 1 is 1.07 bits per heavy atom. The zero-order chi connectivity index (χ0) is 21.5. The molecule has 0 bridgehead atoms. The molecule has 0 radical (unpaired) electrons. The first-order chi connectivity index (χ1) is 14.0. The quantitative estimate of drug-likeness (QED) is 0.278. The summed E-state index contributed by atoms with van der Waals surface area (Å²) < 4.78 is 16.7. The van der Waals surface area contributed by atoms with Gasteiger partial charge in [0.15, 0.2) is 5.96 Å². The average molecular weight is 408 g/mol. The maximum absolute atomic E-state index is 6.23. The van der Waals surface area contributed by atoms with Gasteiger partial charge in [0.05, 0.1) is 19.3 Å². The summed E-state index contributed by atoms with van der Waals surface area (Å²) >= 11 is 0. The minimum Gasteiger partial charge on any atom is -0.490 e. The van der Waals surface area contributed by atoms with Gasteiger partial charge in [-0.05, 0) is 50.7 Å². The van der Waals surface area contributed by atoms with Gasteiger partial charge in [0, 0.05) is 39.4 Å². The lowest BCUT2D eigenvalue weighted by Gasteiger charge is -2.20. The van der Waals surface area contributed by atoms with Crippen molar-refractivity contribution in [2.75, 3.05) is 40.5 Å². The molecule has 6 nitrogen and oxygen atoms in total. The molecule has 6 heteroatoms. The van der Waals surface area contributed by atoms with E-state index in [-0.39, 0.29) is 6.10 Å². The van der Waals surface area contributed by atoms with Crippen LogP contribution in [0.2, 0.25) is 0 Å². The summed E-state index contributed by atoms with van der Waals surface area (Å²) in [7, 11) is 3.48. The summed E-state index contributed by atoms with van der Waals surface area (Å²) in [6.07, 6.45) is 3.27. The highest BCUT2D eigenvalue weighted by Crippen LogP contribution is 2.23. The Bertz CT molecular complexity index is 591. The third-order valence-electron chi connectivity index (χ3n) is 4.46. The van der Waals surface area contributed by atoms with E-state index in [0.29, 0.717) is 25.7 Å². The van der Waals surface area contributed by atoms with Gasteiger partial charge in [0.2, 0.25) is 0 Å². The van der Waals surface area contributed by atoms with E-state index in [0.717, 1.165) is 49.7 Å². The summed E-state index contributed by atoms with van der Waals surface area (Å²) in [6.45, 7) is 12.3. The van der Waals surface area contributed by atoms with Gasteiger partial charge < -0.3 is 24.8 Å². The number of ether oxygens (including phenoxy) is 3. The molecule has 0 fully saturated rings. The van der Waals surface area contributed by atoms with Crippen molar-refractivity contribution >= 4 is 5.96 Å². The molecule has 0 saturated carbocycles. The third-order valence-corrected chi connectivity index (χ3v) is 4.46. The average Bonchev–Trinajstić information content (AvgIpc) is 2.66. The Hall–Kier alpha value is -1.79. The fraction of sp³-hybridized carbons (Fsp3) is 0.696. The van der Waals surface area contributed by atoms with Crippen molar-refractivity contribution < 1.29 is 14.2 Å². The minimum atomic E-state index is 0.194. The first-order valence-corrected chi connectivity index (χ1v) is 10.7. The number of aryl methyl sites for hydroxylation is 1. The molecule has 0 aliphatic carbocycles. The summed E-state index contributed by atoms with van der Waals surface area (Å²) in [5.74, 6) is 2.37. The molecule has 0 aliphatic heterocycles. The van der Waals surface area contributed by atoms with Crippen molar-refractivity contribution in [1.82, 2.24) is 10.6 Å². The molecule has 1 unspecified atom stereocenters. The maximum atomic E-state index is 6.23. The summed E-state index contributed by atoms with van der Waals surface area (Å²) in [5.41, 5.74) is 2.34. The van der Waals surface area contributed by atoms with Crippen LogP contribution in [0.25, 0.3) is 0 Å². The van der Waals surface area contributed by atoms with Crippen LogP contribution in [0.15, 0.2) is 23.2 Å². The molecule has 0 saturated heterocycles. The lowest BCUT2D eigenvalue weighted by atomic mass is 10.1. The molecular formula is C23H41N3O3. The van der Waals surface area contributed by atoms with Crippen LogP contribution in [-0.4, -0.2) is 52.6 Å². The van der Waals surface area contributed by atoms with Gasteiger partial charge in [-0.25, -0.2) is 0 Å². The predicted octanol–water partition coefficient (Wildman–Crippen LogP) is 3.92. The van der Waals surface area contributed by atoms with E-state index in [1.54, 1.807) is 14.2 Å². The Balaban J connectivity index is 2.43. The molecule has 0 amide bonds. The largest absolute Gasteiger partial charge is 0.490 e. The van der Waals surface area contributed by atoms with Gasteiger partial charge in [-0.2, -0.15) is 0 Å². The van der Waals surface area contributed by atoms with Crippen LogP contribution in [0.1, 0.15) is 51.2 Å². The molecular weight excluding hydrogens is 366 g/mol. The molecule has 0 heterocycles. The van der Waals surface area contributed by atoms with Gasteiger partial charge in [-0.1, -0.05) is 26.0 Å². The zero-order valence-corrected chi connectivity index (χ0v) is 19.2. The smallest absolute Gasteiger partial charge is 0.191 e. The van der Waals surface area contributed by atoms with Crippen LogP contribution in [-0.2, 0) is 16.0 Å². The first kappa shape index (κ1) is 25.2. The molecule has 29 heavy (non-hydrogen) atoms. The molecule has 1 aromatic carbocycles. The number of hydrogen-bond donors (Lipinski definition) is 2. The van der Waals surface area contributed by atoms with Gasteiger partial charge >= 0.3 is 0 Å². The predicted molar refractivity (Wildman–Crippen MR) is 121 cm³/mol. The van der Waals surface area contributed by atoms with Crippen LogP contribution < -0.4 is 15.4 Å². The van der Waals surface area contributed by atoms with E-state index in [1.165, 1.54) is 5.56 Å². The van der Waals surface area contributed by atoms with Crippen molar-refractivity contribution in [3.8, 4) is 5.75 Å². The minimum absolute atomic E-state index is 0.194. The lowest BCUT2D eigenvalue weighted by molar-refractivity contribution is 0.0689. The SMILES string of the molecule is CN=C(NCCCCOCCOC)NCc1ccc(C)cc1OC(C)CC(C)C. The Morgan fingerprint density at radius 3 is 2.55 bits per heavy atom. The topological polar surface area (TPSA) is 64.1 Å². The molecule has 2 N–H and O–H groups in total. The third kappa shape index (κ3) is 11.7. The fourth-order valence-electron chi connectivity index (χ4n) is 3.03. The second-order valence-electron chi connectivity index (χ2n) is 7.83.